The van der Waals surface area contributed by atoms with E-state index < -0.39 is 0 Å². The molecule has 27 heavy (non-hydrogen) atoms. The molecule has 2 N–H and O–H groups in total. The highest BCUT2D eigenvalue weighted by atomic mass is 35.5. The Labute approximate surface area is 167 Å². The molecule has 1 amide bonds. The van der Waals surface area contributed by atoms with Crippen LogP contribution < -0.4 is 10.7 Å². The molecule has 3 rings (SSSR count). The second kappa shape index (κ2) is 8.71. The van der Waals surface area contributed by atoms with Crippen LogP contribution in [0, 0.1) is 6.92 Å². The zero-order chi connectivity index (χ0) is 19.2. The van der Waals surface area contributed by atoms with E-state index in [1.54, 1.807) is 24.3 Å². The number of benzene rings is 3. The Kier molecular flexibility index (Phi) is 6.12. The third-order valence-electron chi connectivity index (χ3n) is 3.80. The third kappa shape index (κ3) is 5.09. The van der Waals surface area contributed by atoms with Crippen molar-refractivity contribution in [3.05, 3.63) is 93.5 Å². The number of hydrogen-bond acceptors (Lipinski definition) is 3. The maximum Gasteiger partial charge on any atom is 0.273 e. The van der Waals surface area contributed by atoms with Crippen molar-refractivity contribution >= 4 is 46.7 Å². The van der Waals surface area contributed by atoms with E-state index in [1.165, 1.54) is 6.21 Å². The quantitative estimate of drug-likeness (QED) is 0.421. The summed E-state index contributed by atoms with van der Waals surface area (Å²) in [4.78, 5) is 12.6. The summed E-state index contributed by atoms with van der Waals surface area (Å²) in [6, 6.07) is 20.1. The standard InChI is InChI=1S/C21H17Cl2N3O/c1-14-5-4-7-17(11-14)25-20-12-16(22)9-10-18(20)21(27)26-24-13-15-6-2-3-8-19(15)23/h2-13,25H,1H3,(H,26,27)/b24-13+. The fourth-order valence-electron chi connectivity index (χ4n) is 2.50. The van der Waals surface area contributed by atoms with E-state index in [2.05, 4.69) is 15.8 Å². The van der Waals surface area contributed by atoms with Gasteiger partial charge in [0.15, 0.2) is 0 Å². The third-order valence-corrected chi connectivity index (χ3v) is 4.38. The average molecular weight is 398 g/mol. The number of rotatable bonds is 5. The summed E-state index contributed by atoms with van der Waals surface area (Å²) in [5, 5.41) is 8.32. The van der Waals surface area contributed by atoms with Crippen LogP contribution in [0.1, 0.15) is 21.5 Å². The van der Waals surface area contributed by atoms with Gasteiger partial charge < -0.3 is 5.32 Å². The van der Waals surface area contributed by atoms with E-state index >= 15 is 0 Å². The molecule has 3 aromatic carbocycles. The van der Waals surface area contributed by atoms with Gasteiger partial charge in [-0.1, -0.05) is 53.5 Å². The molecule has 0 unspecified atom stereocenters. The van der Waals surface area contributed by atoms with Gasteiger partial charge in [-0.3, -0.25) is 4.79 Å². The highest BCUT2D eigenvalue weighted by Crippen LogP contribution is 2.25. The lowest BCUT2D eigenvalue weighted by atomic mass is 10.1. The van der Waals surface area contributed by atoms with Crippen molar-refractivity contribution in [1.29, 1.82) is 0 Å². The van der Waals surface area contributed by atoms with Crippen LogP contribution in [0.25, 0.3) is 0 Å². The summed E-state index contributed by atoms with van der Waals surface area (Å²) >= 11 is 12.2. The van der Waals surface area contributed by atoms with Gasteiger partial charge in [-0.05, 0) is 48.9 Å². The Morgan fingerprint density at radius 3 is 2.59 bits per heavy atom. The maximum atomic E-state index is 12.6. The van der Waals surface area contributed by atoms with E-state index in [0.29, 0.717) is 26.9 Å². The fourth-order valence-corrected chi connectivity index (χ4v) is 2.85. The van der Waals surface area contributed by atoms with Crippen molar-refractivity contribution in [2.75, 3.05) is 5.32 Å². The summed E-state index contributed by atoms with van der Waals surface area (Å²) < 4.78 is 0. The van der Waals surface area contributed by atoms with Crippen LogP contribution in [0.2, 0.25) is 10.0 Å². The molecule has 0 heterocycles. The first-order chi connectivity index (χ1) is 13.0. The van der Waals surface area contributed by atoms with Crippen LogP contribution >= 0.6 is 23.2 Å². The minimum atomic E-state index is -0.356. The highest BCUT2D eigenvalue weighted by Gasteiger charge is 2.12. The van der Waals surface area contributed by atoms with Gasteiger partial charge in [0.1, 0.15) is 0 Å². The van der Waals surface area contributed by atoms with Crippen molar-refractivity contribution in [3.8, 4) is 0 Å². The molecule has 0 fully saturated rings. The molecular weight excluding hydrogens is 381 g/mol. The second-order valence-corrected chi connectivity index (χ2v) is 6.75. The molecule has 6 heteroatoms. The lowest BCUT2D eigenvalue weighted by molar-refractivity contribution is 0.0956. The molecule has 0 aliphatic carbocycles. The molecule has 0 spiro atoms. The van der Waals surface area contributed by atoms with Crippen molar-refractivity contribution in [3.63, 3.8) is 0 Å². The van der Waals surface area contributed by atoms with E-state index in [-0.39, 0.29) is 5.91 Å². The van der Waals surface area contributed by atoms with Crippen molar-refractivity contribution in [2.45, 2.75) is 6.92 Å². The molecule has 0 bridgehead atoms. The highest BCUT2D eigenvalue weighted by molar-refractivity contribution is 6.33. The zero-order valence-corrected chi connectivity index (χ0v) is 16.1. The predicted octanol–water partition coefficient (Wildman–Crippen LogP) is 5.81. The Morgan fingerprint density at radius 2 is 1.81 bits per heavy atom. The van der Waals surface area contributed by atoms with Gasteiger partial charge in [0.25, 0.3) is 5.91 Å². The van der Waals surface area contributed by atoms with Gasteiger partial charge in [0.05, 0.1) is 17.5 Å². The molecule has 0 atom stereocenters. The molecule has 136 valence electrons. The number of hydrazone groups is 1. The summed E-state index contributed by atoms with van der Waals surface area (Å²) in [6.45, 7) is 2.00. The van der Waals surface area contributed by atoms with Crippen molar-refractivity contribution < 1.29 is 4.79 Å². The topological polar surface area (TPSA) is 53.5 Å². The van der Waals surface area contributed by atoms with Crippen LogP contribution in [0.4, 0.5) is 11.4 Å². The predicted molar refractivity (Wildman–Crippen MR) is 112 cm³/mol. The molecule has 0 aliphatic heterocycles. The van der Waals surface area contributed by atoms with Crippen LogP contribution in [-0.2, 0) is 0 Å². The Balaban J connectivity index is 1.79. The smallest absolute Gasteiger partial charge is 0.273 e. The van der Waals surface area contributed by atoms with Crippen LogP contribution in [-0.4, -0.2) is 12.1 Å². The summed E-state index contributed by atoms with van der Waals surface area (Å²) in [5.74, 6) is -0.356. The van der Waals surface area contributed by atoms with Gasteiger partial charge in [-0.2, -0.15) is 5.10 Å². The van der Waals surface area contributed by atoms with E-state index in [0.717, 1.165) is 11.3 Å². The van der Waals surface area contributed by atoms with Crippen molar-refractivity contribution in [1.82, 2.24) is 5.43 Å². The average Bonchev–Trinajstić information content (AvgIpc) is 2.63. The first-order valence-electron chi connectivity index (χ1n) is 8.24. The molecular formula is C21H17Cl2N3O. The number of anilines is 2. The minimum Gasteiger partial charge on any atom is -0.355 e. The van der Waals surface area contributed by atoms with Gasteiger partial charge in [-0.15, -0.1) is 0 Å². The minimum absolute atomic E-state index is 0.356. The number of nitrogens with zero attached hydrogens (tertiary/aromatic N) is 1. The molecule has 0 saturated heterocycles. The fraction of sp³-hybridized carbons (Fsp3) is 0.0476. The zero-order valence-electron chi connectivity index (χ0n) is 14.5. The molecule has 0 aromatic heterocycles. The summed E-state index contributed by atoms with van der Waals surface area (Å²) in [5.41, 5.74) is 6.24. The lowest BCUT2D eigenvalue weighted by Gasteiger charge is -2.12. The van der Waals surface area contributed by atoms with Gasteiger partial charge in [0.2, 0.25) is 0 Å². The number of carbonyl (C=O) groups excluding carboxylic acids is 1. The first kappa shape index (κ1) is 19.0. The van der Waals surface area contributed by atoms with E-state index in [4.69, 9.17) is 23.2 Å². The first-order valence-corrected chi connectivity index (χ1v) is 9.00. The molecule has 0 radical (unpaired) electrons. The summed E-state index contributed by atoms with van der Waals surface area (Å²) in [7, 11) is 0. The number of halogens is 2. The Bertz CT molecular complexity index is 1000. The Hall–Kier alpha value is -2.82. The molecule has 4 nitrogen and oxygen atoms in total. The van der Waals surface area contributed by atoms with Crippen molar-refractivity contribution in [2.24, 2.45) is 5.10 Å². The molecule has 0 aliphatic rings. The normalized spacial score (nSPS) is 10.8. The number of carbonyl (C=O) groups is 1. The lowest BCUT2D eigenvalue weighted by Crippen LogP contribution is -2.19. The van der Waals surface area contributed by atoms with Gasteiger partial charge in [0, 0.05) is 21.3 Å². The van der Waals surface area contributed by atoms with E-state index in [9.17, 15) is 4.79 Å². The van der Waals surface area contributed by atoms with Crippen LogP contribution in [0.3, 0.4) is 0 Å². The SMILES string of the molecule is Cc1cccc(Nc2cc(Cl)ccc2C(=O)N/N=C/c2ccccc2Cl)c1. The van der Waals surface area contributed by atoms with Gasteiger partial charge >= 0.3 is 0 Å². The second-order valence-electron chi connectivity index (χ2n) is 5.91. The molecule has 0 saturated carbocycles. The van der Waals surface area contributed by atoms with Crippen LogP contribution in [0.5, 0.6) is 0 Å². The van der Waals surface area contributed by atoms with Gasteiger partial charge in [-0.25, -0.2) is 5.43 Å². The van der Waals surface area contributed by atoms with E-state index in [1.807, 2.05) is 49.4 Å². The number of aryl methyl sites for hydroxylation is 1. The largest absolute Gasteiger partial charge is 0.355 e. The maximum absolute atomic E-state index is 12.6. The monoisotopic (exact) mass is 397 g/mol. The number of amides is 1. The van der Waals surface area contributed by atoms with Crippen LogP contribution in [0.15, 0.2) is 71.8 Å². The number of nitrogens with one attached hydrogen (secondary N) is 2. The Morgan fingerprint density at radius 1 is 1.00 bits per heavy atom. The number of hydrogen-bond donors (Lipinski definition) is 2. The molecule has 3 aromatic rings. The summed E-state index contributed by atoms with van der Waals surface area (Å²) in [6.07, 6.45) is 1.50.